The van der Waals surface area contributed by atoms with Crippen LogP contribution in [-0.4, -0.2) is 51.0 Å². The minimum absolute atomic E-state index is 0.171. The number of sulfonamides is 1. The molecule has 3 aromatic carbocycles. The number of benzene rings is 3. The van der Waals surface area contributed by atoms with Gasteiger partial charge in [0.1, 0.15) is 18.4 Å². The van der Waals surface area contributed by atoms with Gasteiger partial charge in [0, 0.05) is 25.6 Å². The smallest absolute Gasteiger partial charge is 0.244 e. The van der Waals surface area contributed by atoms with Crippen molar-refractivity contribution >= 4 is 27.5 Å². The Morgan fingerprint density at radius 3 is 2.25 bits per heavy atom. The number of anilines is 1. The van der Waals surface area contributed by atoms with Crippen molar-refractivity contribution in [2.45, 2.75) is 25.9 Å². The lowest BCUT2D eigenvalue weighted by molar-refractivity contribution is -0.139. The number of hydrogen-bond acceptors (Lipinski definition) is 4. The molecule has 9 heteroatoms. The number of carbonyl (C=O) groups is 2. The lowest BCUT2D eigenvalue weighted by Gasteiger charge is -2.33. The molecule has 0 spiro atoms. The standard InChI is InChI=1S/C27H30FN3O4S/c1-20-10-9-14-23(16-20)31(36(3,34)35)19-26(32)30(18-22-13-7-8-15-24(22)28)25(27(33)29-2)17-21-11-5-4-6-12-21/h4-16,25H,17-19H2,1-3H3,(H,29,33)/t25-/m1/s1. The van der Waals surface area contributed by atoms with Crippen LogP contribution in [0.1, 0.15) is 16.7 Å². The second kappa shape index (κ2) is 11.8. The van der Waals surface area contributed by atoms with Crippen molar-refractivity contribution in [3.8, 4) is 0 Å². The summed E-state index contributed by atoms with van der Waals surface area (Å²) in [6.45, 7) is 1.07. The number of rotatable bonds is 10. The van der Waals surface area contributed by atoms with E-state index in [0.717, 1.165) is 21.7 Å². The Labute approximate surface area is 211 Å². The van der Waals surface area contributed by atoms with Gasteiger partial charge in [0.05, 0.1) is 11.9 Å². The molecule has 0 bridgehead atoms. The summed E-state index contributed by atoms with van der Waals surface area (Å²) in [5, 5.41) is 2.59. The van der Waals surface area contributed by atoms with Gasteiger partial charge in [-0.3, -0.25) is 13.9 Å². The van der Waals surface area contributed by atoms with Gasteiger partial charge in [-0.15, -0.1) is 0 Å². The Bertz CT molecular complexity index is 1320. The van der Waals surface area contributed by atoms with Crippen LogP contribution in [0, 0.1) is 12.7 Å². The molecule has 190 valence electrons. The second-order valence-electron chi connectivity index (χ2n) is 8.54. The van der Waals surface area contributed by atoms with Gasteiger partial charge >= 0.3 is 0 Å². The molecular weight excluding hydrogens is 481 g/mol. The lowest BCUT2D eigenvalue weighted by atomic mass is 10.0. The van der Waals surface area contributed by atoms with Crippen molar-refractivity contribution in [1.82, 2.24) is 10.2 Å². The van der Waals surface area contributed by atoms with E-state index in [9.17, 15) is 22.4 Å². The van der Waals surface area contributed by atoms with Crippen molar-refractivity contribution in [3.63, 3.8) is 0 Å². The largest absolute Gasteiger partial charge is 0.357 e. The van der Waals surface area contributed by atoms with Crippen LogP contribution in [0.4, 0.5) is 10.1 Å². The van der Waals surface area contributed by atoms with E-state index < -0.39 is 40.2 Å². The van der Waals surface area contributed by atoms with Crippen LogP contribution in [0.2, 0.25) is 0 Å². The molecular formula is C27H30FN3O4S. The minimum Gasteiger partial charge on any atom is -0.357 e. The molecule has 0 saturated carbocycles. The molecule has 0 radical (unpaired) electrons. The molecule has 0 aliphatic carbocycles. The number of nitrogens with zero attached hydrogens (tertiary/aromatic N) is 2. The van der Waals surface area contributed by atoms with Crippen LogP contribution in [0.25, 0.3) is 0 Å². The van der Waals surface area contributed by atoms with E-state index >= 15 is 0 Å². The number of likely N-dealkylation sites (N-methyl/N-ethyl adjacent to an activating group) is 1. The summed E-state index contributed by atoms with van der Waals surface area (Å²) in [5.74, 6) is -1.59. The van der Waals surface area contributed by atoms with E-state index in [0.29, 0.717) is 5.69 Å². The summed E-state index contributed by atoms with van der Waals surface area (Å²) in [7, 11) is -2.38. The number of hydrogen-bond donors (Lipinski definition) is 1. The summed E-state index contributed by atoms with van der Waals surface area (Å²) < 4.78 is 41.0. The SMILES string of the molecule is CNC(=O)[C@@H](Cc1ccccc1)N(Cc1ccccc1F)C(=O)CN(c1cccc(C)c1)S(C)(=O)=O. The highest BCUT2D eigenvalue weighted by molar-refractivity contribution is 7.92. The highest BCUT2D eigenvalue weighted by atomic mass is 32.2. The highest BCUT2D eigenvalue weighted by Gasteiger charge is 2.33. The van der Waals surface area contributed by atoms with Crippen LogP contribution in [0.3, 0.4) is 0 Å². The molecule has 0 aromatic heterocycles. The van der Waals surface area contributed by atoms with E-state index in [1.165, 1.54) is 30.1 Å². The van der Waals surface area contributed by atoms with Gasteiger partial charge < -0.3 is 10.2 Å². The number of halogens is 1. The van der Waals surface area contributed by atoms with Gasteiger partial charge in [-0.25, -0.2) is 12.8 Å². The monoisotopic (exact) mass is 511 g/mol. The number of aryl methyl sites for hydroxylation is 1. The fourth-order valence-electron chi connectivity index (χ4n) is 3.93. The highest BCUT2D eigenvalue weighted by Crippen LogP contribution is 2.21. The van der Waals surface area contributed by atoms with Crippen molar-refractivity contribution < 1.29 is 22.4 Å². The van der Waals surface area contributed by atoms with Gasteiger partial charge in [0.25, 0.3) is 0 Å². The van der Waals surface area contributed by atoms with Crippen molar-refractivity contribution in [3.05, 3.63) is 101 Å². The first-order valence-corrected chi connectivity index (χ1v) is 13.3. The molecule has 0 fully saturated rings. The van der Waals surface area contributed by atoms with E-state index in [1.807, 2.05) is 43.3 Å². The number of amides is 2. The van der Waals surface area contributed by atoms with E-state index in [1.54, 1.807) is 24.3 Å². The second-order valence-corrected chi connectivity index (χ2v) is 10.4. The van der Waals surface area contributed by atoms with Gasteiger partial charge in [-0.1, -0.05) is 60.7 Å². The Morgan fingerprint density at radius 1 is 0.972 bits per heavy atom. The molecule has 0 aliphatic rings. The summed E-state index contributed by atoms with van der Waals surface area (Å²) in [6, 6.07) is 20.9. The molecule has 0 aliphatic heterocycles. The van der Waals surface area contributed by atoms with Crippen LogP contribution in [-0.2, 0) is 32.6 Å². The fourth-order valence-corrected chi connectivity index (χ4v) is 4.77. The average Bonchev–Trinajstić information content (AvgIpc) is 2.85. The minimum atomic E-state index is -3.84. The average molecular weight is 512 g/mol. The van der Waals surface area contributed by atoms with E-state index in [-0.39, 0.29) is 18.5 Å². The first kappa shape index (κ1) is 26.9. The molecule has 1 N–H and O–H groups in total. The predicted molar refractivity (Wildman–Crippen MR) is 138 cm³/mol. The lowest BCUT2D eigenvalue weighted by Crippen LogP contribution is -2.53. The van der Waals surface area contributed by atoms with Crippen molar-refractivity contribution in [1.29, 1.82) is 0 Å². The molecule has 2 amide bonds. The molecule has 3 rings (SSSR count). The Hall–Kier alpha value is -3.72. The first-order chi connectivity index (χ1) is 17.1. The molecule has 0 saturated heterocycles. The van der Waals surface area contributed by atoms with E-state index in [4.69, 9.17) is 0 Å². The molecule has 0 heterocycles. The van der Waals surface area contributed by atoms with E-state index in [2.05, 4.69) is 5.32 Å². The summed E-state index contributed by atoms with van der Waals surface area (Å²) in [5.41, 5.74) is 2.17. The molecule has 7 nitrogen and oxygen atoms in total. The number of carbonyl (C=O) groups excluding carboxylic acids is 2. The summed E-state index contributed by atoms with van der Waals surface area (Å²) in [6.07, 6.45) is 1.19. The zero-order chi connectivity index (χ0) is 26.3. The first-order valence-electron chi connectivity index (χ1n) is 11.4. The van der Waals surface area contributed by atoms with Crippen molar-refractivity contribution in [2.75, 3.05) is 24.2 Å². The third-order valence-electron chi connectivity index (χ3n) is 5.78. The maximum absolute atomic E-state index is 14.6. The predicted octanol–water partition coefficient (Wildman–Crippen LogP) is 3.29. The zero-order valence-electron chi connectivity index (χ0n) is 20.5. The van der Waals surface area contributed by atoms with Gasteiger partial charge in [-0.2, -0.15) is 0 Å². The Kier molecular flexibility index (Phi) is 8.82. The molecule has 3 aromatic rings. The topological polar surface area (TPSA) is 86.8 Å². The summed E-state index contributed by atoms with van der Waals surface area (Å²) in [4.78, 5) is 28.0. The van der Waals surface area contributed by atoms with Crippen molar-refractivity contribution in [2.24, 2.45) is 0 Å². The maximum atomic E-state index is 14.6. The van der Waals surface area contributed by atoms with Crippen LogP contribution < -0.4 is 9.62 Å². The van der Waals surface area contributed by atoms with Gasteiger partial charge in [0.15, 0.2) is 0 Å². The normalized spacial score (nSPS) is 12.0. The summed E-state index contributed by atoms with van der Waals surface area (Å²) >= 11 is 0. The Morgan fingerprint density at radius 2 is 1.64 bits per heavy atom. The third-order valence-corrected chi connectivity index (χ3v) is 6.93. The quantitative estimate of drug-likeness (QED) is 0.453. The molecule has 36 heavy (non-hydrogen) atoms. The maximum Gasteiger partial charge on any atom is 0.244 e. The zero-order valence-corrected chi connectivity index (χ0v) is 21.3. The molecule has 1 atom stereocenters. The fraction of sp³-hybridized carbons (Fsp3) is 0.259. The van der Waals surface area contributed by atoms with Crippen LogP contribution >= 0.6 is 0 Å². The van der Waals surface area contributed by atoms with Crippen LogP contribution in [0.15, 0.2) is 78.9 Å². The Balaban J connectivity index is 2.04. The molecule has 0 unspecified atom stereocenters. The van der Waals surface area contributed by atoms with Crippen LogP contribution in [0.5, 0.6) is 0 Å². The number of nitrogens with one attached hydrogen (secondary N) is 1. The van der Waals surface area contributed by atoms with Gasteiger partial charge in [-0.05, 0) is 36.2 Å². The third kappa shape index (κ3) is 6.91. The van der Waals surface area contributed by atoms with Gasteiger partial charge in [0.2, 0.25) is 21.8 Å².